The number of benzene rings is 1. The fraction of sp³-hybridized carbons (Fsp3) is 0.538. The second-order valence-corrected chi connectivity index (χ2v) is 7.24. The quantitative estimate of drug-likeness (QED) is 0.902. The van der Waals surface area contributed by atoms with Crippen molar-refractivity contribution >= 4 is 21.4 Å². The van der Waals surface area contributed by atoms with E-state index in [1.54, 1.807) is 18.2 Å². The van der Waals surface area contributed by atoms with Crippen molar-refractivity contribution in [1.29, 1.82) is 0 Å². The molecule has 0 radical (unpaired) electrons. The van der Waals surface area contributed by atoms with Gasteiger partial charge in [-0.2, -0.15) is 0 Å². The minimum atomic E-state index is -3.25. The van der Waals surface area contributed by atoms with E-state index in [2.05, 4.69) is 5.32 Å². The molecule has 0 saturated carbocycles. The monoisotopic (exact) mass is 303 g/mol. The van der Waals surface area contributed by atoms with Crippen molar-refractivity contribution < 1.29 is 13.2 Å². The maximum Gasteiger partial charge on any atom is 0.175 e. The zero-order chi connectivity index (χ0) is 13.9. The number of ether oxygens (including phenoxy) is 1. The largest absolute Gasteiger partial charge is 0.381 e. The molecule has 1 unspecified atom stereocenters. The molecule has 1 saturated heterocycles. The molecule has 1 N–H and O–H groups in total. The van der Waals surface area contributed by atoms with Gasteiger partial charge in [-0.25, -0.2) is 8.42 Å². The second-order valence-electron chi connectivity index (χ2n) is 4.85. The van der Waals surface area contributed by atoms with Gasteiger partial charge in [-0.05, 0) is 24.5 Å². The predicted molar refractivity (Wildman–Crippen MR) is 75.2 cm³/mol. The van der Waals surface area contributed by atoms with Crippen molar-refractivity contribution in [1.82, 2.24) is 5.32 Å². The van der Waals surface area contributed by atoms with Gasteiger partial charge in [0.15, 0.2) is 9.84 Å². The Kier molecular flexibility index (Phi) is 4.84. The van der Waals surface area contributed by atoms with Crippen LogP contribution in [0.15, 0.2) is 23.1 Å². The predicted octanol–water partition coefficient (Wildman–Crippen LogP) is 1.87. The normalized spacial score (nSPS) is 19.8. The standard InChI is InChI=1S/C13H18ClNO3S/c1-19(16,17)13-4-2-3-12(14)11(13)8-15-7-10-5-6-18-9-10/h2-4,10,15H,5-9H2,1H3. The summed E-state index contributed by atoms with van der Waals surface area (Å²) in [6.45, 7) is 2.86. The van der Waals surface area contributed by atoms with Crippen LogP contribution in [0.1, 0.15) is 12.0 Å². The number of hydrogen-bond donors (Lipinski definition) is 1. The first-order valence-corrected chi connectivity index (χ1v) is 8.51. The van der Waals surface area contributed by atoms with E-state index in [-0.39, 0.29) is 0 Å². The van der Waals surface area contributed by atoms with E-state index < -0.39 is 9.84 Å². The minimum Gasteiger partial charge on any atom is -0.381 e. The Bertz CT molecular complexity index is 539. The van der Waals surface area contributed by atoms with Gasteiger partial charge in [-0.3, -0.25) is 0 Å². The maximum absolute atomic E-state index is 11.7. The maximum atomic E-state index is 11.7. The molecule has 1 heterocycles. The average molecular weight is 304 g/mol. The van der Waals surface area contributed by atoms with Crippen LogP contribution in [0.25, 0.3) is 0 Å². The number of sulfone groups is 1. The summed E-state index contributed by atoms with van der Waals surface area (Å²) in [7, 11) is -3.25. The van der Waals surface area contributed by atoms with Gasteiger partial charge in [0.05, 0.1) is 11.5 Å². The van der Waals surface area contributed by atoms with Crippen LogP contribution in [0, 0.1) is 5.92 Å². The lowest BCUT2D eigenvalue weighted by molar-refractivity contribution is 0.185. The first-order chi connectivity index (χ1) is 8.98. The summed E-state index contributed by atoms with van der Waals surface area (Å²) >= 11 is 6.10. The lowest BCUT2D eigenvalue weighted by Crippen LogP contribution is -2.23. The topological polar surface area (TPSA) is 55.4 Å². The van der Waals surface area contributed by atoms with Crippen LogP contribution in [0.5, 0.6) is 0 Å². The summed E-state index contributed by atoms with van der Waals surface area (Å²) in [5, 5.41) is 3.75. The smallest absolute Gasteiger partial charge is 0.175 e. The molecule has 1 aromatic carbocycles. The molecule has 1 aromatic rings. The van der Waals surface area contributed by atoms with Crippen molar-refractivity contribution in [3.8, 4) is 0 Å². The van der Waals surface area contributed by atoms with Gasteiger partial charge in [0.1, 0.15) is 0 Å². The molecule has 0 amide bonds. The van der Waals surface area contributed by atoms with E-state index >= 15 is 0 Å². The summed E-state index contributed by atoms with van der Waals surface area (Å²) in [6, 6.07) is 4.97. The number of nitrogens with one attached hydrogen (secondary N) is 1. The van der Waals surface area contributed by atoms with Gasteiger partial charge in [0.25, 0.3) is 0 Å². The number of rotatable bonds is 5. The van der Waals surface area contributed by atoms with Crippen LogP contribution in [0.2, 0.25) is 5.02 Å². The highest BCUT2D eigenvalue weighted by Gasteiger charge is 2.18. The first kappa shape index (κ1) is 14.8. The average Bonchev–Trinajstić information content (AvgIpc) is 2.82. The molecule has 1 aliphatic rings. The first-order valence-electron chi connectivity index (χ1n) is 6.24. The molecule has 1 atom stereocenters. The highest BCUT2D eigenvalue weighted by atomic mass is 35.5. The van der Waals surface area contributed by atoms with E-state index in [9.17, 15) is 8.42 Å². The Morgan fingerprint density at radius 2 is 2.26 bits per heavy atom. The van der Waals surface area contributed by atoms with Crippen molar-refractivity contribution in [2.45, 2.75) is 17.9 Å². The number of hydrogen-bond acceptors (Lipinski definition) is 4. The molecule has 0 spiro atoms. The van der Waals surface area contributed by atoms with Crippen molar-refractivity contribution in [2.75, 3.05) is 26.0 Å². The Morgan fingerprint density at radius 1 is 1.47 bits per heavy atom. The van der Waals surface area contributed by atoms with Crippen LogP contribution in [0.4, 0.5) is 0 Å². The van der Waals surface area contributed by atoms with Gasteiger partial charge in [-0.15, -0.1) is 0 Å². The van der Waals surface area contributed by atoms with Gasteiger partial charge < -0.3 is 10.1 Å². The van der Waals surface area contributed by atoms with Crippen LogP contribution < -0.4 is 5.32 Å². The Hall–Kier alpha value is -0.620. The summed E-state index contributed by atoms with van der Waals surface area (Å²) in [4.78, 5) is 0.301. The SMILES string of the molecule is CS(=O)(=O)c1cccc(Cl)c1CNCC1CCOC1. The Morgan fingerprint density at radius 3 is 2.89 bits per heavy atom. The summed E-state index contributed by atoms with van der Waals surface area (Å²) in [5.74, 6) is 0.504. The third-order valence-corrected chi connectivity index (χ3v) is 4.77. The summed E-state index contributed by atoms with van der Waals surface area (Å²) < 4.78 is 28.7. The molecular formula is C13H18ClNO3S. The molecule has 1 fully saturated rings. The third-order valence-electron chi connectivity index (χ3n) is 3.23. The van der Waals surface area contributed by atoms with Gasteiger partial charge in [0, 0.05) is 36.5 Å². The zero-order valence-electron chi connectivity index (χ0n) is 10.9. The van der Waals surface area contributed by atoms with E-state index in [1.165, 1.54) is 6.26 Å². The fourth-order valence-corrected chi connectivity index (χ4v) is 3.46. The van der Waals surface area contributed by atoms with Gasteiger partial charge in [0.2, 0.25) is 0 Å². The molecule has 1 aliphatic heterocycles. The van der Waals surface area contributed by atoms with E-state index in [1.807, 2.05) is 0 Å². The van der Waals surface area contributed by atoms with Gasteiger partial charge in [-0.1, -0.05) is 17.7 Å². The lowest BCUT2D eigenvalue weighted by atomic mass is 10.1. The van der Waals surface area contributed by atoms with E-state index in [0.29, 0.717) is 27.9 Å². The van der Waals surface area contributed by atoms with Gasteiger partial charge >= 0.3 is 0 Å². The Balaban J connectivity index is 2.06. The summed E-state index contributed by atoms with van der Waals surface area (Å²) in [5.41, 5.74) is 0.644. The Labute approximate surface area is 119 Å². The molecule has 0 aromatic heterocycles. The van der Waals surface area contributed by atoms with E-state index in [0.717, 1.165) is 26.2 Å². The van der Waals surface area contributed by atoms with Crippen LogP contribution in [-0.4, -0.2) is 34.4 Å². The fourth-order valence-electron chi connectivity index (χ4n) is 2.20. The van der Waals surface area contributed by atoms with Crippen LogP contribution in [-0.2, 0) is 21.1 Å². The number of halogens is 1. The van der Waals surface area contributed by atoms with Crippen molar-refractivity contribution in [3.63, 3.8) is 0 Å². The third kappa shape index (κ3) is 3.92. The molecule has 2 rings (SSSR count). The molecule has 19 heavy (non-hydrogen) atoms. The second kappa shape index (κ2) is 6.22. The molecule has 6 heteroatoms. The molecule has 106 valence electrons. The minimum absolute atomic E-state index is 0.301. The highest BCUT2D eigenvalue weighted by Crippen LogP contribution is 2.24. The lowest BCUT2D eigenvalue weighted by Gasteiger charge is -2.13. The zero-order valence-corrected chi connectivity index (χ0v) is 12.4. The van der Waals surface area contributed by atoms with Crippen molar-refractivity contribution in [2.24, 2.45) is 5.92 Å². The van der Waals surface area contributed by atoms with Crippen LogP contribution >= 0.6 is 11.6 Å². The molecule has 0 bridgehead atoms. The van der Waals surface area contributed by atoms with E-state index in [4.69, 9.17) is 16.3 Å². The highest BCUT2D eigenvalue weighted by molar-refractivity contribution is 7.90. The molecule has 0 aliphatic carbocycles. The molecule has 4 nitrogen and oxygen atoms in total. The van der Waals surface area contributed by atoms with Crippen LogP contribution in [0.3, 0.4) is 0 Å². The van der Waals surface area contributed by atoms with Crippen molar-refractivity contribution in [3.05, 3.63) is 28.8 Å². The molecular weight excluding hydrogens is 286 g/mol. The summed E-state index contributed by atoms with van der Waals surface area (Å²) in [6.07, 6.45) is 2.25.